The van der Waals surface area contributed by atoms with Crippen molar-refractivity contribution in [3.63, 3.8) is 0 Å². The molecule has 9 atom stereocenters. The number of aliphatic carboxylic acids is 1. The van der Waals surface area contributed by atoms with Crippen LogP contribution in [0.15, 0.2) is 84.9 Å². The molecule has 0 saturated carbocycles. The third-order valence-corrected chi connectivity index (χ3v) is 15.2. The van der Waals surface area contributed by atoms with Gasteiger partial charge in [-0.05, 0) is 123 Å². The number of aromatic hydroxyl groups is 1. The predicted octanol–water partition coefficient (Wildman–Crippen LogP) is -0.878. The van der Waals surface area contributed by atoms with E-state index in [1.165, 1.54) is 47.8 Å². The Bertz CT molecular complexity index is 2730. The summed E-state index contributed by atoms with van der Waals surface area (Å²) in [5, 5.41) is 43.4. The van der Waals surface area contributed by atoms with E-state index in [2.05, 4.69) is 47.9 Å². The Hall–Kier alpha value is -7.79. The molecule has 3 aromatic carbocycles. The normalized spacial score (nSPS) is 14.1. The van der Waals surface area contributed by atoms with E-state index >= 15 is 0 Å². The van der Waals surface area contributed by atoms with Crippen molar-refractivity contribution in [1.29, 1.82) is 0 Å². The molecular formula is C60H89N13O13S2. The second-order valence-electron chi connectivity index (χ2n) is 21.4. The first-order valence-corrected chi connectivity index (χ1v) is 32.0. The number of nitrogens with one attached hydrogen (secondary N) is 9. The van der Waals surface area contributed by atoms with Crippen LogP contribution in [0.4, 0.5) is 0 Å². The van der Waals surface area contributed by atoms with E-state index in [9.17, 15) is 63.0 Å². The van der Waals surface area contributed by atoms with Gasteiger partial charge in [-0.1, -0.05) is 86.6 Å². The van der Waals surface area contributed by atoms with Crippen molar-refractivity contribution in [1.82, 2.24) is 47.9 Å². The van der Waals surface area contributed by atoms with E-state index in [4.69, 9.17) is 22.9 Å². The first kappa shape index (κ1) is 74.5. The number of phenolic OH excluding ortho intramolecular Hbond substituents is 1. The summed E-state index contributed by atoms with van der Waals surface area (Å²) in [6.45, 7) is 3.20. The molecule has 26 nitrogen and oxygen atoms in total. The number of hydrogen-bond acceptors (Lipinski definition) is 17. The molecule has 88 heavy (non-hydrogen) atoms. The van der Waals surface area contributed by atoms with Gasteiger partial charge in [0.25, 0.3) is 0 Å². The fraction of sp³-hybridized carbons (Fsp3) is 0.517. The minimum absolute atomic E-state index is 0.0839. The minimum atomic E-state index is -1.68. The van der Waals surface area contributed by atoms with Crippen molar-refractivity contribution in [2.24, 2.45) is 28.9 Å². The molecule has 0 aliphatic heterocycles. The van der Waals surface area contributed by atoms with Crippen LogP contribution < -0.4 is 70.8 Å². The SMILES string of the molecule is CSCC[C@H](NC(=O)[C@H](CCCCN)NC(=O)[C@H](CCCCN)NC(=O)[C@@H](N)CCSC)C(=O)N[C@H](C(=O)N[C@@H](Cc1ccc(O)cc1)C(=O)N[C@@H](Cc1ccccc1)C(=O)N[C@@H](Cc1ccccc1)C(=O)NCC(=O)N[C@@H](CC(N)=O)C(=O)O)C(C)C. The van der Waals surface area contributed by atoms with Crippen molar-refractivity contribution in [2.75, 3.05) is 43.7 Å². The van der Waals surface area contributed by atoms with Crippen LogP contribution in [-0.2, 0) is 72.0 Å². The Morgan fingerprint density at radius 2 is 0.864 bits per heavy atom. The summed E-state index contributed by atoms with van der Waals surface area (Å²) in [5.74, 6) is -9.27. The van der Waals surface area contributed by atoms with E-state index in [1.54, 1.807) is 80.8 Å². The number of carboxylic acid groups (broad SMARTS) is 1. The maximum Gasteiger partial charge on any atom is 0.326 e. The summed E-state index contributed by atoms with van der Waals surface area (Å²) in [6, 6.07) is 11.2. The molecule has 10 amide bonds. The highest BCUT2D eigenvalue weighted by atomic mass is 32.2. The van der Waals surface area contributed by atoms with Crippen LogP contribution in [0, 0.1) is 5.92 Å². The van der Waals surface area contributed by atoms with Gasteiger partial charge in [0.2, 0.25) is 59.1 Å². The zero-order valence-electron chi connectivity index (χ0n) is 50.4. The Morgan fingerprint density at radius 1 is 0.466 bits per heavy atom. The topological polar surface area (TPSA) is 441 Å². The number of primary amides is 1. The average molecular weight is 1260 g/mol. The largest absolute Gasteiger partial charge is 0.508 e. The summed E-state index contributed by atoms with van der Waals surface area (Å²) in [6.07, 6.45) is 5.29. The lowest BCUT2D eigenvalue weighted by molar-refractivity contribution is -0.143. The number of rotatable bonds is 42. The van der Waals surface area contributed by atoms with Crippen LogP contribution in [0.1, 0.15) is 88.3 Å². The number of thioether (sulfide) groups is 2. The fourth-order valence-corrected chi connectivity index (χ4v) is 9.92. The van der Waals surface area contributed by atoms with Gasteiger partial charge in [-0.2, -0.15) is 23.5 Å². The molecule has 0 radical (unpaired) electrons. The van der Waals surface area contributed by atoms with Crippen molar-refractivity contribution in [2.45, 2.75) is 145 Å². The van der Waals surface area contributed by atoms with Crippen LogP contribution in [0.2, 0.25) is 0 Å². The lowest BCUT2D eigenvalue weighted by Gasteiger charge is -2.29. The third-order valence-electron chi connectivity index (χ3n) is 13.9. The lowest BCUT2D eigenvalue weighted by atomic mass is 9.99. The molecule has 0 fully saturated rings. The van der Waals surface area contributed by atoms with Gasteiger partial charge < -0.3 is 81.0 Å². The molecule has 484 valence electrons. The van der Waals surface area contributed by atoms with Gasteiger partial charge in [0.05, 0.1) is 19.0 Å². The summed E-state index contributed by atoms with van der Waals surface area (Å²) in [5.41, 5.74) is 24.4. The van der Waals surface area contributed by atoms with Crippen LogP contribution in [0.25, 0.3) is 0 Å². The van der Waals surface area contributed by atoms with E-state index in [0.29, 0.717) is 73.4 Å². The highest BCUT2D eigenvalue weighted by molar-refractivity contribution is 7.98. The van der Waals surface area contributed by atoms with E-state index < -0.39 is 138 Å². The average Bonchev–Trinajstić information content (AvgIpc) is 3.68. The van der Waals surface area contributed by atoms with E-state index in [-0.39, 0.29) is 44.3 Å². The minimum Gasteiger partial charge on any atom is -0.508 e. The maximum absolute atomic E-state index is 14.8. The number of carbonyl (C=O) groups excluding carboxylic acids is 10. The zero-order chi connectivity index (χ0) is 65.1. The molecule has 0 aliphatic rings. The first-order chi connectivity index (χ1) is 42.0. The van der Waals surface area contributed by atoms with Crippen molar-refractivity contribution >= 4 is 88.6 Å². The third kappa shape index (κ3) is 27.9. The Labute approximate surface area is 522 Å². The Kier molecular flexibility index (Phi) is 34.4. The smallest absolute Gasteiger partial charge is 0.326 e. The Balaban J connectivity index is 1.97. The summed E-state index contributed by atoms with van der Waals surface area (Å²) in [7, 11) is 0. The van der Waals surface area contributed by atoms with Crippen LogP contribution >= 0.6 is 23.5 Å². The second kappa shape index (κ2) is 40.6. The lowest BCUT2D eigenvalue weighted by Crippen LogP contribution is -2.61. The monoisotopic (exact) mass is 1260 g/mol. The van der Waals surface area contributed by atoms with Gasteiger partial charge >= 0.3 is 5.97 Å². The summed E-state index contributed by atoms with van der Waals surface area (Å²) >= 11 is 2.91. The molecule has 0 unspecified atom stereocenters. The number of nitrogens with two attached hydrogens (primary N) is 4. The van der Waals surface area contributed by atoms with Gasteiger partial charge in [0.15, 0.2) is 0 Å². The second-order valence-corrected chi connectivity index (χ2v) is 23.4. The molecular weight excluding hydrogens is 1170 g/mol. The number of phenols is 1. The van der Waals surface area contributed by atoms with Crippen molar-refractivity contribution in [3.8, 4) is 5.75 Å². The molecule has 28 heteroatoms. The molecule has 0 aliphatic carbocycles. The molecule has 3 aromatic rings. The highest BCUT2D eigenvalue weighted by Crippen LogP contribution is 2.15. The van der Waals surface area contributed by atoms with Crippen LogP contribution in [0.5, 0.6) is 5.75 Å². The van der Waals surface area contributed by atoms with Gasteiger partial charge in [0, 0.05) is 19.3 Å². The molecule has 3 rings (SSSR count). The van der Waals surface area contributed by atoms with Gasteiger partial charge in [0.1, 0.15) is 54.1 Å². The zero-order valence-corrected chi connectivity index (χ0v) is 52.0. The molecule has 0 bridgehead atoms. The van der Waals surface area contributed by atoms with Crippen molar-refractivity contribution in [3.05, 3.63) is 102 Å². The van der Waals surface area contributed by atoms with Gasteiger partial charge in [-0.3, -0.25) is 47.9 Å². The highest BCUT2D eigenvalue weighted by Gasteiger charge is 2.36. The maximum atomic E-state index is 14.8. The number of carboxylic acids is 1. The molecule has 0 spiro atoms. The summed E-state index contributed by atoms with van der Waals surface area (Å²) < 4.78 is 0. The molecule has 0 saturated heterocycles. The number of unbranched alkanes of at least 4 members (excludes halogenated alkanes) is 2. The molecule has 19 N–H and O–H groups in total. The molecule has 0 heterocycles. The van der Waals surface area contributed by atoms with Crippen LogP contribution in [-0.4, -0.2) is 173 Å². The van der Waals surface area contributed by atoms with Crippen molar-refractivity contribution < 1.29 is 63.0 Å². The van der Waals surface area contributed by atoms with Crippen LogP contribution in [0.3, 0.4) is 0 Å². The van der Waals surface area contributed by atoms with E-state index in [1.807, 2.05) is 6.26 Å². The predicted molar refractivity (Wildman–Crippen MR) is 337 cm³/mol. The Morgan fingerprint density at radius 3 is 1.31 bits per heavy atom. The number of amides is 10. The van der Waals surface area contributed by atoms with E-state index in [0.717, 1.165) is 0 Å². The standard InChI is InChI=1S/C60H89N13O13S2/c1-36(2)51(73-56(81)44(26-30-88-4)69-55(80)43(20-12-14-28-62)68-54(79)42(19-11-13-27-61)67-52(77)41(63)25-29-87-3)59(84)72-47(33-39-21-23-40(74)24-22-39)58(83)71-46(32-38-17-9-6-10-18-38)57(82)70-45(31-37-15-7-5-8-16-37)53(78)65-35-50(76)66-48(60(85)86)34-49(64)75/h5-10,15-18,21-24,36,41-48,51,74H,11-14,19-20,25-35,61-63H2,1-4H3,(H2,64,75)(H,65,78)(H,66,76)(H,67,77)(H,68,79)(H,69,80)(H,70,82)(H,71,83)(H,72,84)(H,73,81)(H,85,86)/t41-,42-,43-,44-,45-,46-,47-,48-,51-/m0/s1. The quantitative estimate of drug-likeness (QED) is 0.0306. The first-order valence-electron chi connectivity index (χ1n) is 29.2. The molecule has 0 aromatic heterocycles. The summed E-state index contributed by atoms with van der Waals surface area (Å²) in [4.78, 5) is 150. The number of benzene rings is 3. The fourth-order valence-electron chi connectivity index (χ4n) is 8.95. The number of carbonyl (C=O) groups is 11. The van der Waals surface area contributed by atoms with Gasteiger partial charge in [-0.15, -0.1) is 0 Å². The van der Waals surface area contributed by atoms with Gasteiger partial charge in [-0.25, -0.2) is 4.79 Å². The number of hydrogen-bond donors (Lipinski definition) is 15.